The van der Waals surface area contributed by atoms with Gasteiger partial charge in [-0.2, -0.15) is 18.2 Å². The van der Waals surface area contributed by atoms with Gasteiger partial charge in [0.15, 0.2) is 5.65 Å². The summed E-state index contributed by atoms with van der Waals surface area (Å²) in [5.74, 6) is 0.268. The highest BCUT2D eigenvalue weighted by Crippen LogP contribution is 2.36. The van der Waals surface area contributed by atoms with Crippen molar-refractivity contribution < 1.29 is 27.4 Å². The lowest BCUT2D eigenvalue weighted by Crippen LogP contribution is -2.39. The van der Waals surface area contributed by atoms with Crippen molar-refractivity contribution in [1.29, 1.82) is 0 Å². The Balaban J connectivity index is 1.33. The summed E-state index contributed by atoms with van der Waals surface area (Å²) in [6, 6.07) is 5.42. The summed E-state index contributed by atoms with van der Waals surface area (Å²) in [6.07, 6.45) is -1.82. The van der Waals surface area contributed by atoms with Crippen molar-refractivity contribution in [3.05, 3.63) is 42.0 Å². The van der Waals surface area contributed by atoms with Gasteiger partial charge in [-0.3, -0.25) is 4.40 Å². The topological polar surface area (TPSA) is 95.7 Å². The maximum absolute atomic E-state index is 13.3. The third-order valence-electron chi connectivity index (χ3n) is 5.19. The van der Waals surface area contributed by atoms with Crippen LogP contribution in [0.5, 0.6) is 5.88 Å². The third kappa shape index (κ3) is 4.12. The Kier molecular flexibility index (Phi) is 5.10. The fourth-order valence-corrected chi connectivity index (χ4v) is 3.59. The van der Waals surface area contributed by atoms with E-state index < -0.39 is 23.7 Å². The molecular weight excluding hydrogens is 417 g/mol. The van der Waals surface area contributed by atoms with Gasteiger partial charge in [-0.1, -0.05) is 6.07 Å². The van der Waals surface area contributed by atoms with E-state index in [-0.39, 0.29) is 31.1 Å². The fourth-order valence-electron chi connectivity index (χ4n) is 3.59. The van der Waals surface area contributed by atoms with Crippen LogP contribution in [0.2, 0.25) is 0 Å². The summed E-state index contributed by atoms with van der Waals surface area (Å²) >= 11 is 0. The molecule has 0 amide bonds. The highest BCUT2D eigenvalue weighted by atomic mass is 19.4. The zero-order valence-electron chi connectivity index (χ0n) is 16.2. The van der Waals surface area contributed by atoms with Crippen molar-refractivity contribution in [3.8, 4) is 5.88 Å². The summed E-state index contributed by atoms with van der Waals surface area (Å²) in [5.41, 5.74) is -0.280. The lowest BCUT2D eigenvalue weighted by molar-refractivity contribution is -0.142. The average molecular weight is 436 g/mol. The van der Waals surface area contributed by atoms with E-state index in [0.29, 0.717) is 19.6 Å². The van der Waals surface area contributed by atoms with Crippen molar-refractivity contribution in [3.63, 3.8) is 0 Å². The Morgan fingerprint density at radius 1 is 1.10 bits per heavy atom. The van der Waals surface area contributed by atoms with Gasteiger partial charge in [-0.25, -0.2) is 4.98 Å². The lowest BCUT2D eigenvalue weighted by atomic mass is 9.98. The number of alkyl halides is 3. The molecule has 0 saturated carbocycles. The second kappa shape index (κ2) is 7.93. The van der Waals surface area contributed by atoms with Crippen LogP contribution in [0.15, 0.2) is 30.6 Å². The van der Waals surface area contributed by atoms with Crippen LogP contribution in [0.3, 0.4) is 0 Å². The lowest BCUT2D eigenvalue weighted by Gasteiger charge is -2.30. The molecule has 0 bridgehead atoms. The standard InChI is InChI=1S/C19H19F3N6O3/c20-19(21,22)14-6-23-18(25-17(14)31-13-9-30-10-13)24-12-5-11(7-29-8-12)16-27-26-15-3-1-2-4-28(15)16/h1-4,6,11-13H,5,7-10H2,(H,23,24,25). The first kappa shape index (κ1) is 19.9. The molecule has 0 radical (unpaired) electrons. The summed E-state index contributed by atoms with van der Waals surface area (Å²) in [7, 11) is 0. The van der Waals surface area contributed by atoms with Gasteiger partial charge in [-0.05, 0) is 18.6 Å². The van der Waals surface area contributed by atoms with Gasteiger partial charge < -0.3 is 19.5 Å². The Morgan fingerprint density at radius 2 is 1.94 bits per heavy atom. The zero-order valence-corrected chi connectivity index (χ0v) is 16.2. The molecule has 9 nitrogen and oxygen atoms in total. The molecule has 3 aromatic rings. The maximum Gasteiger partial charge on any atom is 0.423 e. The molecule has 5 rings (SSSR count). The Bertz CT molecular complexity index is 1070. The number of aromatic nitrogens is 5. The molecule has 0 aromatic carbocycles. The number of hydrogen-bond donors (Lipinski definition) is 1. The second-order valence-electron chi connectivity index (χ2n) is 7.49. The van der Waals surface area contributed by atoms with Gasteiger partial charge in [0.2, 0.25) is 11.8 Å². The molecule has 1 N–H and O–H groups in total. The molecule has 2 fully saturated rings. The summed E-state index contributed by atoms with van der Waals surface area (Å²) in [5, 5.41) is 11.5. The molecule has 2 unspecified atom stereocenters. The van der Waals surface area contributed by atoms with Gasteiger partial charge in [0.05, 0.1) is 32.5 Å². The van der Waals surface area contributed by atoms with Crippen LogP contribution >= 0.6 is 0 Å². The number of fused-ring (bicyclic) bond motifs is 1. The molecule has 3 aromatic heterocycles. The van der Waals surface area contributed by atoms with Gasteiger partial charge in [0.1, 0.15) is 17.5 Å². The van der Waals surface area contributed by atoms with Crippen molar-refractivity contribution in [2.75, 3.05) is 31.7 Å². The van der Waals surface area contributed by atoms with E-state index in [0.717, 1.165) is 17.7 Å². The predicted molar refractivity (Wildman–Crippen MR) is 101 cm³/mol. The van der Waals surface area contributed by atoms with Gasteiger partial charge >= 0.3 is 6.18 Å². The van der Waals surface area contributed by atoms with Crippen LogP contribution in [0.4, 0.5) is 19.1 Å². The smallest absolute Gasteiger partial charge is 0.423 e. The Hall–Kier alpha value is -2.99. The van der Waals surface area contributed by atoms with E-state index >= 15 is 0 Å². The summed E-state index contributed by atoms with van der Waals surface area (Å²) < 4.78 is 57.9. The quantitative estimate of drug-likeness (QED) is 0.651. The maximum atomic E-state index is 13.3. The fraction of sp³-hybridized carbons (Fsp3) is 0.474. The molecule has 164 valence electrons. The van der Waals surface area contributed by atoms with Crippen LogP contribution in [0.1, 0.15) is 23.7 Å². The largest absolute Gasteiger partial charge is 0.469 e. The van der Waals surface area contributed by atoms with Crippen molar-refractivity contribution in [2.24, 2.45) is 0 Å². The highest BCUT2D eigenvalue weighted by Gasteiger charge is 2.38. The molecule has 2 atom stereocenters. The second-order valence-corrected chi connectivity index (χ2v) is 7.49. The molecule has 12 heteroatoms. The predicted octanol–water partition coefficient (Wildman–Crippen LogP) is 2.30. The Morgan fingerprint density at radius 3 is 2.71 bits per heavy atom. The molecule has 5 heterocycles. The normalized spacial score (nSPS) is 22.3. The van der Waals surface area contributed by atoms with Crippen LogP contribution < -0.4 is 10.1 Å². The number of rotatable bonds is 5. The zero-order chi connectivity index (χ0) is 21.4. The van der Waals surface area contributed by atoms with E-state index in [4.69, 9.17) is 14.2 Å². The van der Waals surface area contributed by atoms with Crippen molar-refractivity contribution in [2.45, 2.75) is 30.7 Å². The first-order chi connectivity index (χ1) is 15.0. The number of halogens is 3. The summed E-state index contributed by atoms with van der Waals surface area (Å²) in [6.45, 7) is 1.30. The molecule has 0 aliphatic carbocycles. The number of anilines is 1. The molecular formula is C19H19F3N6O3. The third-order valence-corrected chi connectivity index (χ3v) is 5.19. The minimum atomic E-state index is -4.62. The molecule has 0 spiro atoms. The highest BCUT2D eigenvalue weighted by molar-refractivity contribution is 5.38. The van der Waals surface area contributed by atoms with E-state index in [2.05, 4.69) is 25.5 Å². The van der Waals surface area contributed by atoms with Crippen molar-refractivity contribution in [1.82, 2.24) is 24.6 Å². The molecule has 2 aliphatic rings. The number of nitrogens with zero attached hydrogens (tertiary/aromatic N) is 5. The van der Waals surface area contributed by atoms with Crippen LogP contribution in [0, 0.1) is 0 Å². The number of hydrogen-bond acceptors (Lipinski definition) is 8. The minimum absolute atomic E-state index is 0.0408. The average Bonchev–Trinajstić information content (AvgIpc) is 3.14. The molecule has 2 saturated heterocycles. The first-order valence-electron chi connectivity index (χ1n) is 9.80. The molecule has 2 aliphatic heterocycles. The van der Waals surface area contributed by atoms with Gasteiger partial charge in [-0.15, -0.1) is 10.2 Å². The van der Waals surface area contributed by atoms with Gasteiger partial charge in [0.25, 0.3) is 0 Å². The van der Waals surface area contributed by atoms with Crippen LogP contribution in [0.25, 0.3) is 5.65 Å². The monoisotopic (exact) mass is 436 g/mol. The number of ether oxygens (including phenoxy) is 3. The SMILES string of the molecule is FC(F)(F)c1cnc(NC2COCC(c3nnc4ccccn34)C2)nc1OC1COC1. The molecule has 31 heavy (non-hydrogen) atoms. The Labute approximate surface area is 174 Å². The van der Waals surface area contributed by atoms with Gasteiger partial charge in [0, 0.05) is 18.3 Å². The minimum Gasteiger partial charge on any atom is -0.469 e. The number of nitrogens with one attached hydrogen (secondary N) is 1. The first-order valence-corrected chi connectivity index (χ1v) is 9.80. The van der Waals surface area contributed by atoms with Crippen LogP contribution in [-0.4, -0.2) is 63.1 Å². The number of pyridine rings is 1. The van der Waals surface area contributed by atoms with E-state index in [1.807, 2.05) is 28.8 Å². The van der Waals surface area contributed by atoms with E-state index in [1.54, 1.807) is 0 Å². The van der Waals surface area contributed by atoms with E-state index in [1.165, 1.54) is 0 Å². The van der Waals surface area contributed by atoms with Crippen molar-refractivity contribution >= 4 is 11.6 Å². The van der Waals surface area contributed by atoms with E-state index in [9.17, 15) is 13.2 Å². The summed E-state index contributed by atoms with van der Waals surface area (Å²) in [4.78, 5) is 7.83. The van der Waals surface area contributed by atoms with Crippen LogP contribution in [-0.2, 0) is 15.7 Å².